The smallest absolute Gasteiger partial charge is 0.133 e. The van der Waals surface area contributed by atoms with Crippen molar-refractivity contribution in [1.82, 2.24) is 0 Å². The highest BCUT2D eigenvalue weighted by atomic mass is 19.1. The summed E-state index contributed by atoms with van der Waals surface area (Å²) in [6, 6.07) is 17.4. The maximum atomic E-state index is 14.0. The molecule has 0 saturated carbocycles. The standard InChI is InChI=1S/C20H15F/c1-14-3-6-16(7-4-14)8-9-17-10-12-19-18(13-17)11-5-15(2)20(19)21/h3-7,10-13H,1-2H3. The molecule has 0 N–H and O–H groups in total. The number of hydrogen-bond donors (Lipinski definition) is 0. The van der Waals surface area contributed by atoms with Crippen molar-refractivity contribution in [3.8, 4) is 11.8 Å². The van der Waals surface area contributed by atoms with Gasteiger partial charge in [0.25, 0.3) is 0 Å². The topological polar surface area (TPSA) is 0 Å². The van der Waals surface area contributed by atoms with E-state index in [4.69, 9.17) is 0 Å². The molecule has 0 unspecified atom stereocenters. The van der Waals surface area contributed by atoms with Crippen LogP contribution in [0.2, 0.25) is 0 Å². The van der Waals surface area contributed by atoms with Crippen molar-refractivity contribution in [1.29, 1.82) is 0 Å². The van der Waals surface area contributed by atoms with Crippen LogP contribution >= 0.6 is 0 Å². The van der Waals surface area contributed by atoms with E-state index in [9.17, 15) is 4.39 Å². The third-order valence-electron chi connectivity index (χ3n) is 3.55. The molecule has 3 aromatic rings. The highest BCUT2D eigenvalue weighted by Crippen LogP contribution is 2.21. The second-order valence-corrected chi connectivity index (χ2v) is 5.25. The van der Waals surface area contributed by atoms with E-state index in [1.54, 1.807) is 19.1 Å². The molecule has 0 radical (unpaired) electrons. The van der Waals surface area contributed by atoms with E-state index in [0.29, 0.717) is 10.9 Å². The minimum absolute atomic E-state index is 0.148. The highest BCUT2D eigenvalue weighted by Gasteiger charge is 2.03. The van der Waals surface area contributed by atoms with Crippen molar-refractivity contribution >= 4 is 10.8 Å². The zero-order chi connectivity index (χ0) is 14.8. The molecule has 21 heavy (non-hydrogen) atoms. The monoisotopic (exact) mass is 274 g/mol. The van der Waals surface area contributed by atoms with Gasteiger partial charge in [0.15, 0.2) is 0 Å². The van der Waals surface area contributed by atoms with Crippen LogP contribution in [0.4, 0.5) is 4.39 Å². The van der Waals surface area contributed by atoms with Gasteiger partial charge in [-0.3, -0.25) is 0 Å². The Balaban J connectivity index is 1.99. The summed E-state index contributed by atoms with van der Waals surface area (Å²) >= 11 is 0. The molecular weight excluding hydrogens is 259 g/mol. The highest BCUT2D eigenvalue weighted by molar-refractivity contribution is 5.85. The third kappa shape index (κ3) is 2.80. The quantitative estimate of drug-likeness (QED) is 0.506. The molecule has 0 nitrogen and oxygen atoms in total. The molecule has 0 aliphatic heterocycles. The molecule has 0 spiro atoms. The Morgan fingerprint density at radius 1 is 0.762 bits per heavy atom. The average molecular weight is 274 g/mol. The van der Waals surface area contributed by atoms with Gasteiger partial charge in [-0.15, -0.1) is 0 Å². The van der Waals surface area contributed by atoms with Gasteiger partial charge in [-0.2, -0.15) is 0 Å². The number of fused-ring (bicyclic) bond motifs is 1. The van der Waals surface area contributed by atoms with Gasteiger partial charge < -0.3 is 0 Å². The van der Waals surface area contributed by atoms with Gasteiger partial charge in [0.05, 0.1) is 0 Å². The molecule has 102 valence electrons. The maximum Gasteiger partial charge on any atom is 0.133 e. The van der Waals surface area contributed by atoms with E-state index in [-0.39, 0.29) is 5.82 Å². The number of hydrogen-bond acceptors (Lipinski definition) is 0. The normalized spacial score (nSPS) is 10.2. The van der Waals surface area contributed by atoms with Gasteiger partial charge in [-0.05, 0) is 49.1 Å². The number of aryl methyl sites for hydroxylation is 2. The summed E-state index contributed by atoms with van der Waals surface area (Å²) in [4.78, 5) is 0. The minimum Gasteiger partial charge on any atom is -0.206 e. The van der Waals surface area contributed by atoms with Crippen LogP contribution in [-0.2, 0) is 0 Å². The fourth-order valence-electron chi connectivity index (χ4n) is 2.26. The Morgan fingerprint density at radius 2 is 1.43 bits per heavy atom. The molecule has 3 aromatic carbocycles. The average Bonchev–Trinajstić information content (AvgIpc) is 2.50. The summed E-state index contributed by atoms with van der Waals surface area (Å²) in [5.74, 6) is 6.12. The van der Waals surface area contributed by atoms with Crippen LogP contribution in [0.5, 0.6) is 0 Å². The van der Waals surface area contributed by atoms with Crippen molar-refractivity contribution in [2.45, 2.75) is 13.8 Å². The predicted octanol–water partition coefficient (Wildman–Crippen LogP) is 5.00. The second-order valence-electron chi connectivity index (χ2n) is 5.25. The summed E-state index contributed by atoms with van der Waals surface area (Å²) in [5, 5.41) is 1.53. The van der Waals surface area contributed by atoms with E-state index >= 15 is 0 Å². The van der Waals surface area contributed by atoms with Crippen LogP contribution in [0, 0.1) is 31.5 Å². The van der Waals surface area contributed by atoms with E-state index in [1.807, 2.05) is 42.5 Å². The Hall–Kier alpha value is -2.59. The largest absolute Gasteiger partial charge is 0.206 e. The van der Waals surface area contributed by atoms with Crippen molar-refractivity contribution in [2.75, 3.05) is 0 Å². The van der Waals surface area contributed by atoms with Crippen LogP contribution < -0.4 is 0 Å². The lowest BCUT2D eigenvalue weighted by molar-refractivity contribution is 0.631. The molecule has 0 heterocycles. The molecule has 0 aromatic heterocycles. The first-order valence-corrected chi connectivity index (χ1v) is 6.91. The first kappa shape index (κ1) is 13.4. The molecule has 0 saturated heterocycles. The van der Waals surface area contributed by atoms with Crippen LogP contribution in [0.1, 0.15) is 22.3 Å². The summed E-state index contributed by atoms with van der Waals surface area (Å²) < 4.78 is 14.0. The molecule has 0 amide bonds. The van der Waals surface area contributed by atoms with Crippen molar-refractivity contribution in [3.63, 3.8) is 0 Å². The second kappa shape index (κ2) is 5.42. The zero-order valence-electron chi connectivity index (χ0n) is 12.1. The van der Waals surface area contributed by atoms with Gasteiger partial charge in [0, 0.05) is 16.5 Å². The molecule has 0 aliphatic carbocycles. The van der Waals surface area contributed by atoms with Crippen LogP contribution in [0.3, 0.4) is 0 Å². The Kier molecular flexibility index (Phi) is 3.46. The SMILES string of the molecule is Cc1ccc(C#Cc2ccc3c(F)c(C)ccc3c2)cc1. The maximum absolute atomic E-state index is 14.0. The van der Waals surface area contributed by atoms with Gasteiger partial charge >= 0.3 is 0 Å². The Bertz CT molecular complexity index is 862. The zero-order valence-corrected chi connectivity index (χ0v) is 12.1. The number of halogens is 1. The molecule has 0 aliphatic rings. The molecule has 0 atom stereocenters. The summed E-state index contributed by atoms with van der Waals surface area (Å²) in [6.07, 6.45) is 0. The number of benzene rings is 3. The molecule has 3 rings (SSSR count). The lowest BCUT2D eigenvalue weighted by atomic mass is 10.0. The Labute approximate surface area is 124 Å². The first-order valence-electron chi connectivity index (χ1n) is 6.91. The lowest BCUT2D eigenvalue weighted by Crippen LogP contribution is -1.86. The van der Waals surface area contributed by atoms with Crippen LogP contribution in [0.25, 0.3) is 10.8 Å². The summed E-state index contributed by atoms with van der Waals surface area (Å²) in [5.41, 5.74) is 3.76. The fraction of sp³-hybridized carbons (Fsp3) is 0.100. The third-order valence-corrected chi connectivity index (χ3v) is 3.55. The predicted molar refractivity (Wildman–Crippen MR) is 85.8 cm³/mol. The van der Waals surface area contributed by atoms with Crippen molar-refractivity contribution < 1.29 is 4.39 Å². The van der Waals surface area contributed by atoms with E-state index < -0.39 is 0 Å². The van der Waals surface area contributed by atoms with Crippen molar-refractivity contribution in [2.24, 2.45) is 0 Å². The summed E-state index contributed by atoms with van der Waals surface area (Å²) in [7, 11) is 0. The minimum atomic E-state index is -0.148. The van der Waals surface area contributed by atoms with Crippen LogP contribution in [-0.4, -0.2) is 0 Å². The lowest BCUT2D eigenvalue weighted by Gasteiger charge is -2.03. The molecule has 1 heteroatoms. The molecule has 0 bridgehead atoms. The van der Waals surface area contributed by atoms with Crippen LogP contribution in [0.15, 0.2) is 54.6 Å². The Morgan fingerprint density at radius 3 is 2.19 bits per heavy atom. The first-order chi connectivity index (χ1) is 10.1. The van der Waals surface area contributed by atoms with Gasteiger partial charge in [0.2, 0.25) is 0 Å². The van der Waals surface area contributed by atoms with Gasteiger partial charge in [0.1, 0.15) is 5.82 Å². The fourth-order valence-corrected chi connectivity index (χ4v) is 2.26. The number of rotatable bonds is 0. The van der Waals surface area contributed by atoms with E-state index in [2.05, 4.69) is 18.8 Å². The summed E-state index contributed by atoms with van der Waals surface area (Å²) in [6.45, 7) is 3.83. The van der Waals surface area contributed by atoms with E-state index in [1.165, 1.54) is 5.56 Å². The molecule has 0 fully saturated rings. The van der Waals surface area contributed by atoms with Crippen molar-refractivity contribution in [3.05, 3.63) is 82.7 Å². The van der Waals surface area contributed by atoms with E-state index in [0.717, 1.165) is 16.5 Å². The van der Waals surface area contributed by atoms with Gasteiger partial charge in [-0.25, -0.2) is 4.39 Å². The molecular formula is C20H15F. The van der Waals surface area contributed by atoms with Gasteiger partial charge in [-0.1, -0.05) is 47.7 Å².